The summed E-state index contributed by atoms with van der Waals surface area (Å²) in [6, 6.07) is 3.10. The molecule has 1 aromatic rings. The maximum atomic E-state index is 11.7. The molecule has 1 amide bonds. The number of thiophene rings is 1. The Morgan fingerprint density at radius 1 is 1.31 bits per heavy atom. The summed E-state index contributed by atoms with van der Waals surface area (Å²) in [7, 11) is 0. The minimum absolute atomic E-state index is 0.0752. The highest BCUT2D eigenvalue weighted by Crippen LogP contribution is 2.23. The molecule has 0 saturated heterocycles. The monoisotopic (exact) mass is 241 g/mol. The van der Waals surface area contributed by atoms with Crippen LogP contribution in [0.15, 0.2) is 12.1 Å². The molecule has 2 N–H and O–H groups in total. The fourth-order valence-electron chi connectivity index (χ4n) is 1.06. The van der Waals surface area contributed by atoms with Crippen molar-refractivity contribution in [3.63, 3.8) is 0 Å². The quantitative estimate of drug-likeness (QED) is 0.851. The minimum atomic E-state index is -0.970. The number of amides is 1. The van der Waals surface area contributed by atoms with Crippen LogP contribution in [-0.4, -0.2) is 17.0 Å². The Morgan fingerprint density at radius 3 is 2.38 bits per heavy atom. The van der Waals surface area contributed by atoms with Crippen molar-refractivity contribution in [2.45, 2.75) is 20.8 Å². The maximum absolute atomic E-state index is 11.7. The maximum Gasteiger partial charge on any atom is 0.345 e. The van der Waals surface area contributed by atoms with Crippen LogP contribution in [0.2, 0.25) is 0 Å². The molecule has 1 heterocycles. The highest BCUT2D eigenvalue weighted by atomic mass is 32.1. The first-order valence-electron chi connectivity index (χ1n) is 5.05. The van der Waals surface area contributed by atoms with E-state index in [2.05, 4.69) is 5.32 Å². The zero-order valence-corrected chi connectivity index (χ0v) is 10.3. The summed E-state index contributed by atoms with van der Waals surface area (Å²) in [5.74, 6) is -0.870. The molecule has 1 unspecified atom stereocenters. The van der Waals surface area contributed by atoms with E-state index in [-0.39, 0.29) is 22.6 Å². The van der Waals surface area contributed by atoms with Gasteiger partial charge in [-0.25, -0.2) is 4.79 Å². The van der Waals surface area contributed by atoms with Gasteiger partial charge in [0.15, 0.2) is 0 Å². The molecular formula is C11H15NO3S. The molecule has 4 nitrogen and oxygen atoms in total. The first-order valence-corrected chi connectivity index (χ1v) is 5.87. The molecule has 88 valence electrons. The van der Waals surface area contributed by atoms with Crippen molar-refractivity contribution in [3.8, 4) is 0 Å². The molecule has 0 spiro atoms. The Labute approximate surface area is 98.3 Å². The third kappa shape index (κ3) is 3.06. The van der Waals surface area contributed by atoms with Gasteiger partial charge in [0.05, 0.1) is 5.00 Å². The van der Waals surface area contributed by atoms with Crippen molar-refractivity contribution >= 4 is 28.2 Å². The Morgan fingerprint density at radius 2 is 1.94 bits per heavy atom. The highest BCUT2D eigenvalue weighted by molar-refractivity contribution is 7.18. The zero-order chi connectivity index (χ0) is 12.3. The number of carboxylic acids is 1. The first-order chi connectivity index (χ1) is 7.41. The van der Waals surface area contributed by atoms with Crippen LogP contribution in [0.3, 0.4) is 0 Å². The van der Waals surface area contributed by atoms with Gasteiger partial charge in [0, 0.05) is 5.92 Å². The Bertz CT molecular complexity index is 398. The number of hydrogen-bond acceptors (Lipinski definition) is 3. The van der Waals surface area contributed by atoms with E-state index in [0.29, 0.717) is 5.00 Å². The van der Waals surface area contributed by atoms with Gasteiger partial charge in [0.1, 0.15) is 4.88 Å². The average Bonchev–Trinajstić information content (AvgIpc) is 2.64. The largest absolute Gasteiger partial charge is 0.477 e. The summed E-state index contributed by atoms with van der Waals surface area (Å²) < 4.78 is 0. The Kier molecular flexibility index (Phi) is 4.06. The van der Waals surface area contributed by atoms with Crippen molar-refractivity contribution in [2.24, 2.45) is 11.8 Å². The summed E-state index contributed by atoms with van der Waals surface area (Å²) in [4.78, 5) is 22.6. The lowest BCUT2D eigenvalue weighted by Crippen LogP contribution is -2.23. The molecular weight excluding hydrogens is 226 g/mol. The molecule has 1 atom stereocenters. The minimum Gasteiger partial charge on any atom is -0.477 e. The van der Waals surface area contributed by atoms with E-state index >= 15 is 0 Å². The van der Waals surface area contributed by atoms with E-state index in [1.165, 1.54) is 6.07 Å². The van der Waals surface area contributed by atoms with Crippen LogP contribution in [0.4, 0.5) is 5.00 Å². The standard InChI is InChI=1S/C11H15NO3S/c1-6(2)7(3)10(13)12-9-5-4-8(16-9)11(14)15/h4-7H,1-3H3,(H,12,13)(H,14,15). The fraction of sp³-hybridized carbons (Fsp3) is 0.455. The number of hydrogen-bond donors (Lipinski definition) is 2. The normalized spacial score (nSPS) is 12.5. The van der Waals surface area contributed by atoms with Gasteiger partial charge in [-0.3, -0.25) is 4.79 Å². The zero-order valence-electron chi connectivity index (χ0n) is 9.48. The molecule has 0 aromatic carbocycles. The Balaban J connectivity index is 2.66. The number of carboxylic acid groups (broad SMARTS) is 1. The van der Waals surface area contributed by atoms with Crippen molar-refractivity contribution in [1.29, 1.82) is 0 Å². The van der Waals surface area contributed by atoms with Gasteiger partial charge >= 0.3 is 5.97 Å². The molecule has 0 aliphatic heterocycles. The Hall–Kier alpha value is -1.36. The third-order valence-electron chi connectivity index (χ3n) is 2.48. The van der Waals surface area contributed by atoms with Gasteiger partial charge in [-0.15, -0.1) is 11.3 Å². The van der Waals surface area contributed by atoms with Crippen LogP contribution in [0.25, 0.3) is 0 Å². The summed E-state index contributed by atoms with van der Waals surface area (Å²) in [5, 5.41) is 12.0. The van der Waals surface area contributed by atoms with Crippen molar-refractivity contribution in [2.75, 3.05) is 5.32 Å². The molecule has 0 fully saturated rings. The molecule has 0 aliphatic carbocycles. The van der Waals surface area contributed by atoms with Crippen LogP contribution in [0, 0.1) is 11.8 Å². The molecule has 1 aromatic heterocycles. The summed E-state index contributed by atoms with van der Waals surface area (Å²) >= 11 is 1.07. The molecule has 16 heavy (non-hydrogen) atoms. The van der Waals surface area contributed by atoms with Crippen LogP contribution in [-0.2, 0) is 4.79 Å². The molecule has 5 heteroatoms. The molecule has 0 radical (unpaired) electrons. The van der Waals surface area contributed by atoms with Gasteiger partial charge in [0.2, 0.25) is 5.91 Å². The van der Waals surface area contributed by atoms with Crippen LogP contribution in [0.5, 0.6) is 0 Å². The summed E-state index contributed by atoms with van der Waals surface area (Å²) in [5.41, 5.74) is 0. The predicted octanol–water partition coefficient (Wildman–Crippen LogP) is 2.68. The lowest BCUT2D eigenvalue weighted by molar-refractivity contribution is -0.120. The average molecular weight is 241 g/mol. The number of anilines is 1. The molecule has 0 bridgehead atoms. The highest BCUT2D eigenvalue weighted by Gasteiger charge is 2.17. The predicted molar refractivity (Wildman–Crippen MR) is 63.9 cm³/mol. The molecule has 0 aliphatic rings. The van der Waals surface area contributed by atoms with E-state index in [9.17, 15) is 9.59 Å². The lowest BCUT2D eigenvalue weighted by Gasteiger charge is -2.14. The van der Waals surface area contributed by atoms with Crippen molar-refractivity contribution in [1.82, 2.24) is 0 Å². The van der Waals surface area contributed by atoms with E-state index in [1.54, 1.807) is 6.07 Å². The third-order valence-corrected chi connectivity index (χ3v) is 3.47. The second kappa shape index (κ2) is 5.12. The molecule has 1 rings (SSSR count). The van der Waals surface area contributed by atoms with Gasteiger partial charge in [-0.2, -0.15) is 0 Å². The number of carbonyl (C=O) groups excluding carboxylic acids is 1. The second-order valence-electron chi connectivity index (χ2n) is 3.99. The van der Waals surface area contributed by atoms with Gasteiger partial charge in [-0.05, 0) is 18.1 Å². The smallest absolute Gasteiger partial charge is 0.345 e. The van der Waals surface area contributed by atoms with E-state index in [0.717, 1.165) is 11.3 Å². The van der Waals surface area contributed by atoms with Crippen LogP contribution < -0.4 is 5.32 Å². The first kappa shape index (κ1) is 12.7. The van der Waals surface area contributed by atoms with Gasteiger partial charge in [-0.1, -0.05) is 20.8 Å². The van der Waals surface area contributed by atoms with Gasteiger partial charge < -0.3 is 10.4 Å². The number of rotatable bonds is 4. The molecule has 0 saturated carbocycles. The number of nitrogens with one attached hydrogen (secondary N) is 1. The summed E-state index contributed by atoms with van der Waals surface area (Å²) in [6.07, 6.45) is 0. The fourth-order valence-corrected chi connectivity index (χ4v) is 1.81. The topological polar surface area (TPSA) is 66.4 Å². The van der Waals surface area contributed by atoms with Crippen molar-refractivity contribution < 1.29 is 14.7 Å². The van der Waals surface area contributed by atoms with Crippen molar-refractivity contribution in [3.05, 3.63) is 17.0 Å². The SMILES string of the molecule is CC(C)C(C)C(=O)Nc1ccc(C(=O)O)s1. The lowest BCUT2D eigenvalue weighted by atomic mass is 9.97. The second-order valence-corrected chi connectivity index (χ2v) is 5.07. The number of carbonyl (C=O) groups is 2. The van der Waals surface area contributed by atoms with Crippen LogP contribution in [0.1, 0.15) is 30.4 Å². The summed E-state index contributed by atoms with van der Waals surface area (Å²) in [6.45, 7) is 5.80. The van der Waals surface area contributed by atoms with E-state index in [4.69, 9.17) is 5.11 Å². The van der Waals surface area contributed by atoms with Gasteiger partial charge in [0.25, 0.3) is 0 Å². The van der Waals surface area contributed by atoms with E-state index < -0.39 is 5.97 Å². The van der Waals surface area contributed by atoms with Crippen LogP contribution >= 0.6 is 11.3 Å². The van der Waals surface area contributed by atoms with E-state index in [1.807, 2.05) is 20.8 Å². The number of aromatic carboxylic acids is 1.